The topological polar surface area (TPSA) is 34.4 Å². The zero-order valence-corrected chi connectivity index (χ0v) is 12.3. The van der Waals surface area contributed by atoms with Crippen LogP contribution in [-0.2, 0) is 13.7 Å². The lowest BCUT2D eigenvalue weighted by molar-refractivity contribution is 0.281. The Hall–Kier alpha value is -1.26. The first-order chi connectivity index (χ1) is 8.58. The first kappa shape index (κ1) is 13.2. The highest BCUT2D eigenvalue weighted by atomic mass is 79.9. The van der Waals surface area contributed by atoms with Crippen molar-refractivity contribution in [2.75, 3.05) is 7.11 Å². The van der Waals surface area contributed by atoms with Crippen molar-refractivity contribution in [3.63, 3.8) is 0 Å². The van der Waals surface area contributed by atoms with E-state index >= 15 is 0 Å². The van der Waals surface area contributed by atoms with Gasteiger partial charge in [0.1, 0.15) is 5.75 Å². The number of hydrogen-bond donors (Lipinski definition) is 1. The molecule has 0 saturated heterocycles. The van der Waals surface area contributed by atoms with Crippen LogP contribution in [0.2, 0.25) is 0 Å². The number of aromatic nitrogens is 1. The average molecular weight is 310 g/mol. The monoisotopic (exact) mass is 309 g/mol. The number of benzene rings is 1. The standard InChI is InChI=1S/C14H16BrNO2/c1-9-11(8-17)7-13(16(9)2)10-4-5-14(18-3)12(15)6-10/h4-7,17H,8H2,1-3H3. The number of aliphatic hydroxyl groups excluding tert-OH is 1. The summed E-state index contributed by atoms with van der Waals surface area (Å²) >= 11 is 3.49. The van der Waals surface area contributed by atoms with E-state index in [9.17, 15) is 5.11 Å². The average Bonchev–Trinajstić information content (AvgIpc) is 2.66. The Morgan fingerprint density at radius 1 is 1.33 bits per heavy atom. The highest BCUT2D eigenvalue weighted by Crippen LogP contribution is 2.32. The van der Waals surface area contributed by atoms with Crippen LogP contribution in [-0.4, -0.2) is 16.8 Å². The predicted molar refractivity (Wildman–Crippen MR) is 75.8 cm³/mol. The van der Waals surface area contributed by atoms with Crippen LogP contribution in [0.3, 0.4) is 0 Å². The highest BCUT2D eigenvalue weighted by molar-refractivity contribution is 9.10. The highest BCUT2D eigenvalue weighted by Gasteiger charge is 2.11. The molecule has 0 aliphatic rings. The van der Waals surface area contributed by atoms with Gasteiger partial charge in [-0.25, -0.2) is 0 Å². The zero-order valence-electron chi connectivity index (χ0n) is 10.7. The molecule has 0 unspecified atom stereocenters. The van der Waals surface area contributed by atoms with Crippen molar-refractivity contribution in [1.82, 2.24) is 4.57 Å². The van der Waals surface area contributed by atoms with Gasteiger partial charge in [0.2, 0.25) is 0 Å². The molecule has 0 aliphatic heterocycles. The Bertz CT molecular complexity index is 575. The van der Waals surface area contributed by atoms with Crippen molar-refractivity contribution in [1.29, 1.82) is 0 Å². The molecule has 3 nitrogen and oxygen atoms in total. The molecule has 0 saturated carbocycles. The third-order valence-electron chi connectivity index (χ3n) is 3.26. The maximum absolute atomic E-state index is 9.30. The van der Waals surface area contributed by atoms with Crippen molar-refractivity contribution in [2.45, 2.75) is 13.5 Å². The van der Waals surface area contributed by atoms with Gasteiger partial charge in [0.15, 0.2) is 0 Å². The summed E-state index contributed by atoms with van der Waals surface area (Å²) in [5.41, 5.74) is 4.21. The van der Waals surface area contributed by atoms with Crippen molar-refractivity contribution in [2.24, 2.45) is 7.05 Å². The first-order valence-electron chi connectivity index (χ1n) is 5.68. The number of hydrogen-bond acceptors (Lipinski definition) is 2. The van der Waals surface area contributed by atoms with Crippen LogP contribution in [0.4, 0.5) is 0 Å². The summed E-state index contributed by atoms with van der Waals surface area (Å²) in [7, 11) is 3.65. The molecule has 2 aromatic rings. The van der Waals surface area contributed by atoms with E-state index in [4.69, 9.17) is 4.74 Å². The molecule has 0 bridgehead atoms. The largest absolute Gasteiger partial charge is 0.496 e. The summed E-state index contributed by atoms with van der Waals surface area (Å²) in [6, 6.07) is 7.98. The van der Waals surface area contributed by atoms with Gasteiger partial charge >= 0.3 is 0 Å². The van der Waals surface area contributed by atoms with Crippen LogP contribution in [0.15, 0.2) is 28.7 Å². The van der Waals surface area contributed by atoms with Crippen molar-refractivity contribution in [3.8, 4) is 17.0 Å². The van der Waals surface area contributed by atoms with E-state index in [-0.39, 0.29) is 6.61 Å². The summed E-state index contributed by atoms with van der Waals surface area (Å²) in [6.45, 7) is 2.07. The minimum absolute atomic E-state index is 0.0665. The van der Waals surface area contributed by atoms with Gasteiger partial charge in [-0.1, -0.05) is 0 Å². The zero-order chi connectivity index (χ0) is 13.3. The lowest BCUT2D eigenvalue weighted by Crippen LogP contribution is -1.95. The molecule has 1 N–H and O–H groups in total. The molecule has 0 atom stereocenters. The van der Waals surface area contributed by atoms with Crippen molar-refractivity contribution >= 4 is 15.9 Å². The van der Waals surface area contributed by atoms with E-state index in [0.29, 0.717) is 0 Å². The van der Waals surface area contributed by atoms with Crippen LogP contribution < -0.4 is 4.74 Å². The van der Waals surface area contributed by atoms with Gasteiger partial charge in [-0.05, 0) is 58.2 Å². The summed E-state index contributed by atoms with van der Waals surface area (Å²) in [5.74, 6) is 0.812. The maximum atomic E-state index is 9.30. The Morgan fingerprint density at radius 3 is 2.56 bits per heavy atom. The lowest BCUT2D eigenvalue weighted by atomic mass is 10.1. The summed E-state index contributed by atoms with van der Waals surface area (Å²) < 4.78 is 8.23. The molecule has 1 aromatic heterocycles. The Balaban J connectivity index is 2.52. The molecule has 96 valence electrons. The Labute approximate surface area is 115 Å². The molecular formula is C14H16BrNO2. The molecule has 0 aliphatic carbocycles. The number of ether oxygens (including phenoxy) is 1. The predicted octanol–water partition coefficient (Wildman–Crippen LogP) is 3.26. The second kappa shape index (κ2) is 5.16. The van der Waals surface area contributed by atoms with E-state index in [1.807, 2.05) is 38.2 Å². The van der Waals surface area contributed by atoms with Crippen LogP contribution in [0, 0.1) is 6.92 Å². The fourth-order valence-corrected chi connectivity index (χ4v) is 2.57. The van der Waals surface area contributed by atoms with Gasteiger partial charge in [0.25, 0.3) is 0 Å². The Morgan fingerprint density at radius 2 is 2.06 bits per heavy atom. The number of methoxy groups -OCH3 is 1. The van der Waals surface area contributed by atoms with Crippen LogP contribution >= 0.6 is 15.9 Å². The van der Waals surface area contributed by atoms with Gasteiger partial charge in [-0.2, -0.15) is 0 Å². The number of aliphatic hydroxyl groups is 1. The van der Waals surface area contributed by atoms with Gasteiger partial charge in [-0.15, -0.1) is 0 Å². The molecule has 0 fully saturated rings. The summed E-state index contributed by atoms with van der Waals surface area (Å²) in [4.78, 5) is 0. The molecular weight excluding hydrogens is 294 g/mol. The molecule has 4 heteroatoms. The Kier molecular flexibility index (Phi) is 3.78. The molecule has 0 spiro atoms. The van der Waals surface area contributed by atoms with Gasteiger partial charge in [0, 0.05) is 18.4 Å². The molecule has 0 amide bonds. The second-order valence-corrected chi connectivity index (χ2v) is 5.06. The minimum atomic E-state index is 0.0665. The number of nitrogens with zero attached hydrogens (tertiary/aromatic N) is 1. The molecule has 1 heterocycles. The van der Waals surface area contributed by atoms with E-state index in [2.05, 4.69) is 20.5 Å². The fourth-order valence-electron chi connectivity index (χ4n) is 2.03. The molecule has 0 radical (unpaired) electrons. The van der Waals surface area contributed by atoms with E-state index in [1.54, 1.807) is 7.11 Å². The summed E-state index contributed by atoms with van der Waals surface area (Å²) in [5, 5.41) is 9.30. The molecule has 1 aromatic carbocycles. The smallest absolute Gasteiger partial charge is 0.133 e. The van der Waals surface area contributed by atoms with Crippen molar-refractivity contribution < 1.29 is 9.84 Å². The number of halogens is 1. The van der Waals surface area contributed by atoms with E-state index < -0.39 is 0 Å². The quantitative estimate of drug-likeness (QED) is 0.944. The SMILES string of the molecule is COc1ccc(-c2cc(CO)c(C)n2C)cc1Br. The third kappa shape index (κ3) is 2.18. The van der Waals surface area contributed by atoms with E-state index in [1.165, 1.54) is 0 Å². The van der Waals surface area contributed by atoms with Crippen LogP contribution in [0.1, 0.15) is 11.3 Å². The fraction of sp³-hybridized carbons (Fsp3) is 0.286. The molecule has 2 rings (SSSR count). The van der Waals surface area contributed by atoms with Gasteiger partial charge in [0.05, 0.1) is 18.2 Å². The summed E-state index contributed by atoms with van der Waals surface area (Å²) in [6.07, 6.45) is 0. The van der Waals surface area contributed by atoms with Crippen LogP contribution in [0.5, 0.6) is 5.75 Å². The van der Waals surface area contributed by atoms with Gasteiger partial charge < -0.3 is 14.4 Å². The number of rotatable bonds is 3. The van der Waals surface area contributed by atoms with Crippen LogP contribution in [0.25, 0.3) is 11.3 Å². The van der Waals surface area contributed by atoms with Gasteiger partial charge in [-0.3, -0.25) is 0 Å². The van der Waals surface area contributed by atoms with E-state index in [0.717, 1.165) is 32.7 Å². The maximum Gasteiger partial charge on any atom is 0.133 e. The lowest BCUT2D eigenvalue weighted by Gasteiger charge is -2.08. The second-order valence-electron chi connectivity index (χ2n) is 4.21. The first-order valence-corrected chi connectivity index (χ1v) is 6.47. The minimum Gasteiger partial charge on any atom is -0.496 e. The molecule has 18 heavy (non-hydrogen) atoms. The normalized spacial score (nSPS) is 10.7. The third-order valence-corrected chi connectivity index (χ3v) is 3.88. The van der Waals surface area contributed by atoms with Crippen molar-refractivity contribution in [3.05, 3.63) is 40.0 Å².